The highest BCUT2D eigenvalue weighted by atomic mass is 19.4. The molecule has 0 aliphatic heterocycles. The van der Waals surface area contributed by atoms with Gasteiger partial charge >= 0.3 is 6.18 Å². The van der Waals surface area contributed by atoms with Crippen molar-refractivity contribution in [3.05, 3.63) is 24.0 Å². The molecular weight excluding hydrogens is 259 g/mol. The molecule has 0 atom stereocenters. The normalized spacial score (nSPS) is 11.2. The number of hydrogen-bond acceptors (Lipinski definition) is 3. The third-order valence-electron chi connectivity index (χ3n) is 2.51. The Morgan fingerprint density at radius 3 is 2.74 bits per heavy atom. The van der Waals surface area contributed by atoms with Crippen LogP contribution in [0.25, 0.3) is 0 Å². The number of halogens is 3. The summed E-state index contributed by atoms with van der Waals surface area (Å²) in [5.74, 6) is -0.321. The van der Waals surface area contributed by atoms with E-state index >= 15 is 0 Å². The molecule has 0 spiro atoms. The van der Waals surface area contributed by atoms with Crippen molar-refractivity contribution in [1.82, 2.24) is 10.3 Å². The lowest BCUT2D eigenvalue weighted by Gasteiger charge is -2.09. The number of carbonyl (C=O) groups excluding carboxylic acids is 1. The number of carbonyl (C=O) groups is 1. The molecule has 0 unspecified atom stereocenters. The summed E-state index contributed by atoms with van der Waals surface area (Å²) in [6.07, 6.45) is -1.64. The van der Waals surface area contributed by atoms with Gasteiger partial charge in [-0.25, -0.2) is 0 Å². The first-order valence-electron chi connectivity index (χ1n) is 5.91. The Morgan fingerprint density at radius 2 is 2.11 bits per heavy atom. The minimum absolute atomic E-state index is 0.0129. The lowest BCUT2D eigenvalue weighted by atomic mass is 10.2. The van der Waals surface area contributed by atoms with Gasteiger partial charge in [0.05, 0.1) is 17.4 Å². The van der Waals surface area contributed by atoms with E-state index in [-0.39, 0.29) is 18.9 Å². The number of pyridine rings is 1. The monoisotopic (exact) mass is 275 g/mol. The van der Waals surface area contributed by atoms with Gasteiger partial charge in [-0.15, -0.1) is 0 Å². The molecule has 1 aromatic rings. The van der Waals surface area contributed by atoms with Crippen LogP contribution in [-0.2, 0) is 0 Å². The average molecular weight is 275 g/mol. The van der Waals surface area contributed by atoms with Gasteiger partial charge < -0.3 is 10.6 Å². The maximum absolute atomic E-state index is 11.9. The van der Waals surface area contributed by atoms with Crippen LogP contribution in [0, 0.1) is 0 Å². The minimum atomic E-state index is -4.13. The fourth-order valence-electron chi connectivity index (χ4n) is 1.54. The van der Waals surface area contributed by atoms with Gasteiger partial charge in [0.2, 0.25) is 0 Å². The standard InChI is InChI=1S/C12H16F3N3O/c1-16-10-8-17-7-4-9(10)11(19)18-6-3-2-5-12(13,14)15/h4,7-8,16H,2-3,5-6H2,1H3,(H,18,19). The van der Waals surface area contributed by atoms with E-state index in [9.17, 15) is 18.0 Å². The zero-order valence-electron chi connectivity index (χ0n) is 10.5. The van der Waals surface area contributed by atoms with Crippen LogP contribution in [0.15, 0.2) is 18.5 Å². The Balaban J connectivity index is 2.35. The van der Waals surface area contributed by atoms with Crippen LogP contribution in [0.2, 0.25) is 0 Å². The fourth-order valence-corrected chi connectivity index (χ4v) is 1.54. The first kappa shape index (κ1) is 15.3. The highest BCUT2D eigenvalue weighted by Gasteiger charge is 2.25. The number of rotatable bonds is 6. The van der Waals surface area contributed by atoms with Gasteiger partial charge in [-0.3, -0.25) is 9.78 Å². The van der Waals surface area contributed by atoms with Crippen molar-refractivity contribution in [2.45, 2.75) is 25.4 Å². The molecule has 7 heteroatoms. The number of alkyl halides is 3. The SMILES string of the molecule is CNc1cnccc1C(=O)NCCCCC(F)(F)F. The molecular formula is C12H16F3N3O. The molecule has 0 saturated carbocycles. The Kier molecular flexibility index (Phi) is 5.59. The van der Waals surface area contributed by atoms with E-state index in [1.165, 1.54) is 12.4 Å². The smallest absolute Gasteiger partial charge is 0.386 e. The summed E-state index contributed by atoms with van der Waals surface area (Å²) in [5, 5.41) is 5.41. The zero-order valence-corrected chi connectivity index (χ0v) is 10.5. The summed E-state index contributed by atoms with van der Waals surface area (Å²) in [6.45, 7) is 0.223. The topological polar surface area (TPSA) is 54.0 Å². The Labute approximate surface area is 109 Å². The molecule has 0 fully saturated rings. The van der Waals surface area contributed by atoms with Crippen LogP contribution in [0.3, 0.4) is 0 Å². The highest BCUT2D eigenvalue weighted by Crippen LogP contribution is 2.21. The van der Waals surface area contributed by atoms with E-state index in [4.69, 9.17) is 0 Å². The molecule has 2 N–H and O–H groups in total. The molecule has 0 aromatic carbocycles. The van der Waals surface area contributed by atoms with Crippen LogP contribution < -0.4 is 10.6 Å². The minimum Gasteiger partial charge on any atom is -0.386 e. The quantitative estimate of drug-likeness (QED) is 0.785. The Morgan fingerprint density at radius 1 is 1.37 bits per heavy atom. The average Bonchev–Trinajstić information content (AvgIpc) is 2.36. The molecule has 106 valence electrons. The van der Waals surface area contributed by atoms with Crippen LogP contribution in [0.4, 0.5) is 18.9 Å². The number of aromatic nitrogens is 1. The second kappa shape index (κ2) is 6.96. The summed E-state index contributed by atoms with van der Waals surface area (Å²) in [5.41, 5.74) is 1.00. The third-order valence-corrected chi connectivity index (χ3v) is 2.51. The number of nitrogens with zero attached hydrogens (tertiary/aromatic N) is 1. The van der Waals surface area contributed by atoms with Gasteiger partial charge in [0.15, 0.2) is 0 Å². The van der Waals surface area contributed by atoms with Gasteiger partial charge in [-0.1, -0.05) is 0 Å². The summed E-state index contributed by atoms with van der Waals surface area (Å²) >= 11 is 0. The van der Waals surface area contributed by atoms with E-state index in [1.54, 1.807) is 13.1 Å². The Bertz CT molecular complexity index is 421. The van der Waals surface area contributed by atoms with Crippen LogP contribution in [0.5, 0.6) is 0 Å². The number of nitrogens with one attached hydrogen (secondary N) is 2. The lowest BCUT2D eigenvalue weighted by molar-refractivity contribution is -0.135. The van der Waals surface area contributed by atoms with Crippen molar-refractivity contribution in [2.75, 3.05) is 18.9 Å². The summed E-state index contributed by atoms with van der Waals surface area (Å²) < 4.78 is 35.7. The Hall–Kier alpha value is -1.79. The largest absolute Gasteiger partial charge is 0.389 e. The van der Waals surface area contributed by atoms with Gasteiger partial charge in [-0.05, 0) is 18.9 Å². The molecule has 0 saturated heterocycles. The first-order valence-corrected chi connectivity index (χ1v) is 5.91. The molecule has 1 heterocycles. The van der Waals surface area contributed by atoms with Crippen molar-refractivity contribution in [3.8, 4) is 0 Å². The molecule has 1 aromatic heterocycles. The molecule has 19 heavy (non-hydrogen) atoms. The predicted octanol–water partition coefficient (Wildman–Crippen LogP) is 2.59. The number of hydrogen-bond donors (Lipinski definition) is 2. The number of amides is 1. The van der Waals surface area contributed by atoms with Gasteiger partial charge in [0, 0.05) is 26.2 Å². The van der Waals surface area contributed by atoms with Gasteiger partial charge in [0.1, 0.15) is 0 Å². The van der Waals surface area contributed by atoms with Crippen molar-refractivity contribution in [2.24, 2.45) is 0 Å². The van der Waals surface area contributed by atoms with Crippen LogP contribution in [-0.4, -0.2) is 30.7 Å². The maximum atomic E-state index is 11.9. The van der Waals surface area contributed by atoms with Crippen molar-refractivity contribution in [3.63, 3.8) is 0 Å². The molecule has 0 radical (unpaired) electrons. The highest BCUT2D eigenvalue weighted by molar-refractivity contribution is 5.99. The third kappa shape index (κ3) is 5.58. The van der Waals surface area contributed by atoms with E-state index < -0.39 is 12.6 Å². The summed E-state index contributed by atoms with van der Waals surface area (Å²) in [7, 11) is 1.66. The zero-order chi connectivity index (χ0) is 14.3. The van der Waals surface area contributed by atoms with E-state index in [0.29, 0.717) is 17.7 Å². The summed E-state index contributed by atoms with van der Waals surface area (Å²) in [6, 6.07) is 1.55. The van der Waals surface area contributed by atoms with Gasteiger partial charge in [-0.2, -0.15) is 13.2 Å². The second-order valence-electron chi connectivity index (χ2n) is 4.00. The van der Waals surface area contributed by atoms with Crippen molar-refractivity contribution in [1.29, 1.82) is 0 Å². The van der Waals surface area contributed by atoms with E-state index in [0.717, 1.165) is 0 Å². The number of unbranched alkanes of at least 4 members (excludes halogenated alkanes) is 1. The van der Waals surface area contributed by atoms with Crippen LogP contribution in [0.1, 0.15) is 29.6 Å². The lowest BCUT2D eigenvalue weighted by Crippen LogP contribution is -2.25. The predicted molar refractivity (Wildman–Crippen MR) is 66.0 cm³/mol. The molecule has 0 aliphatic carbocycles. The van der Waals surface area contributed by atoms with Gasteiger partial charge in [0.25, 0.3) is 5.91 Å². The molecule has 0 bridgehead atoms. The first-order chi connectivity index (χ1) is 8.94. The molecule has 4 nitrogen and oxygen atoms in total. The number of anilines is 1. The molecule has 0 aliphatic rings. The second-order valence-corrected chi connectivity index (χ2v) is 4.00. The van der Waals surface area contributed by atoms with E-state index in [1.807, 2.05) is 0 Å². The van der Waals surface area contributed by atoms with Crippen LogP contribution >= 0.6 is 0 Å². The van der Waals surface area contributed by atoms with E-state index in [2.05, 4.69) is 15.6 Å². The fraction of sp³-hybridized carbons (Fsp3) is 0.500. The van der Waals surface area contributed by atoms with Crippen molar-refractivity contribution >= 4 is 11.6 Å². The summed E-state index contributed by atoms with van der Waals surface area (Å²) in [4.78, 5) is 15.7. The maximum Gasteiger partial charge on any atom is 0.389 e. The van der Waals surface area contributed by atoms with Crippen molar-refractivity contribution < 1.29 is 18.0 Å². The molecule has 1 rings (SSSR count). The molecule has 1 amide bonds.